The van der Waals surface area contributed by atoms with Crippen LogP contribution in [0, 0.1) is 0 Å². The molecule has 0 unspecified atom stereocenters. The Morgan fingerprint density at radius 2 is 1.96 bits per heavy atom. The molecule has 1 N–H and O–H groups in total. The smallest absolute Gasteiger partial charge is 0.260 e. The van der Waals surface area contributed by atoms with Crippen LogP contribution in [0.2, 0.25) is 0 Å². The van der Waals surface area contributed by atoms with Crippen molar-refractivity contribution in [2.45, 2.75) is 19.4 Å². The first-order chi connectivity index (χ1) is 11.5. The second-order valence-corrected chi connectivity index (χ2v) is 5.52. The summed E-state index contributed by atoms with van der Waals surface area (Å²) in [5.74, 6) is 0.0483. The van der Waals surface area contributed by atoms with Crippen LogP contribution in [-0.4, -0.2) is 53.2 Å². The molecule has 0 aliphatic heterocycles. The fourth-order valence-electron chi connectivity index (χ4n) is 1.99. The number of nitrogens with one attached hydrogen (secondary N) is 1. The second kappa shape index (κ2) is 8.14. The molecule has 24 heavy (non-hydrogen) atoms. The van der Waals surface area contributed by atoms with E-state index < -0.39 is 6.10 Å². The highest BCUT2D eigenvalue weighted by Gasteiger charge is 2.16. The Hall–Kier alpha value is -2.83. The normalized spacial score (nSPS) is 11.6. The summed E-state index contributed by atoms with van der Waals surface area (Å²) in [6, 6.07) is 11.3. The molecule has 0 spiro atoms. The lowest BCUT2D eigenvalue weighted by Gasteiger charge is -2.14. The summed E-state index contributed by atoms with van der Waals surface area (Å²) in [6.07, 6.45) is 1.33. The molecule has 2 rings (SSSR count). The van der Waals surface area contributed by atoms with E-state index in [1.807, 2.05) is 30.3 Å². The van der Waals surface area contributed by atoms with Gasteiger partial charge < -0.3 is 15.0 Å². The SMILES string of the molecule is C[C@@H](Oc1ccn(-c2ccccc2)n1)C(=O)NCCC(=O)N(C)C. The second-order valence-electron chi connectivity index (χ2n) is 5.52. The van der Waals surface area contributed by atoms with E-state index in [-0.39, 0.29) is 24.8 Å². The summed E-state index contributed by atoms with van der Waals surface area (Å²) in [5, 5.41) is 6.97. The van der Waals surface area contributed by atoms with Gasteiger partial charge in [0.25, 0.3) is 5.91 Å². The van der Waals surface area contributed by atoms with Gasteiger partial charge in [-0.1, -0.05) is 18.2 Å². The molecular weight excluding hydrogens is 308 g/mol. The van der Waals surface area contributed by atoms with Crippen LogP contribution >= 0.6 is 0 Å². The first kappa shape index (κ1) is 17.5. The topological polar surface area (TPSA) is 76.5 Å². The maximum Gasteiger partial charge on any atom is 0.260 e. The average molecular weight is 330 g/mol. The number of rotatable bonds is 7. The van der Waals surface area contributed by atoms with Crippen molar-refractivity contribution in [3.05, 3.63) is 42.6 Å². The summed E-state index contributed by atoms with van der Waals surface area (Å²) >= 11 is 0. The number of benzene rings is 1. The molecule has 1 aromatic carbocycles. The lowest BCUT2D eigenvalue weighted by Crippen LogP contribution is -2.38. The lowest BCUT2D eigenvalue weighted by atomic mass is 10.3. The van der Waals surface area contributed by atoms with Crippen molar-refractivity contribution in [1.82, 2.24) is 20.0 Å². The predicted octanol–water partition coefficient (Wildman–Crippen LogP) is 1.23. The summed E-state index contributed by atoms with van der Waals surface area (Å²) in [6.45, 7) is 1.92. The van der Waals surface area contributed by atoms with Crippen molar-refractivity contribution < 1.29 is 14.3 Å². The van der Waals surface area contributed by atoms with Gasteiger partial charge in [0, 0.05) is 39.3 Å². The number of hydrogen-bond acceptors (Lipinski definition) is 4. The Balaban J connectivity index is 1.84. The summed E-state index contributed by atoms with van der Waals surface area (Å²) < 4.78 is 7.22. The Kier molecular flexibility index (Phi) is 5.95. The number of aromatic nitrogens is 2. The molecule has 1 heterocycles. The van der Waals surface area contributed by atoms with Crippen LogP contribution in [-0.2, 0) is 9.59 Å². The van der Waals surface area contributed by atoms with Crippen molar-refractivity contribution >= 4 is 11.8 Å². The standard InChI is InChI=1S/C17H22N4O3/c1-13(17(23)18-11-9-16(22)20(2)3)24-15-10-12-21(19-15)14-7-5-4-6-8-14/h4-8,10,12-13H,9,11H2,1-3H3,(H,18,23)/t13-/m1/s1. The van der Waals surface area contributed by atoms with Gasteiger partial charge in [-0.25, -0.2) is 4.68 Å². The third kappa shape index (κ3) is 4.84. The molecule has 0 radical (unpaired) electrons. The highest BCUT2D eigenvalue weighted by atomic mass is 16.5. The van der Waals surface area contributed by atoms with E-state index in [0.29, 0.717) is 5.88 Å². The zero-order valence-electron chi connectivity index (χ0n) is 14.1. The van der Waals surface area contributed by atoms with Gasteiger partial charge in [0.15, 0.2) is 6.10 Å². The van der Waals surface area contributed by atoms with Crippen LogP contribution < -0.4 is 10.1 Å². The van der Waals surface area contributed by atoms with Crippen LogP contribution in [0.4, 0.5) is 0 Å². The van der Waals surface area contributed by atoms with Crippen LogP contribution in [0.25, 0.3) is 5.69 Å². The average Bonchev–Trinajstić information content (AvgIpc) is 3.03. The van der Waals surface area contributed by atoms with Crippen LogP contribution in [0.5, 0.6) is 5.88 Å². The third-order valence-electron chi connectivity index (χ3n) is 3.39. The number of hydrogen-bond donors (Lipinski definition) is 1. The van der Waals surface area contributed by atoms with E-state index in [1.54, 1.807) is 38.0 Å². The van der Waals surface area contributed by atoms with E-state index in [4.69, 9.17) is 4.74 Å². The molecule has 2 aromatic rings. The number of para-hydroxylation sites is 1. The molecule has 0 fully saturated rings. The van der Waals surface area contributed by atoms with E-state index >= 15 is 0 Å². The number of ether oxygens (including phenoxy) is 1. The molecule has 0 aliphatic rings. The minimum atomic E-state index is -0.696. The van der Waals surface area contributed by atoms with E-state index in [9.17, 15) is 9.59 Å². The molecule has 0 saturated heterocycles. The maximum absolute atomic E-state index is 12.0. The molecule has 0 saturated carbocycles. The number of amides is 2. The summed E-state index contributed by atoms with van der Waals surface area (Å²) in [5.41, 5.74) is 0.909. The van der Waals surface area contributed by atoms with Gasteiger partial charge in [-0.2, -0.15) is 0 Å². The zero-order chi connectivity index (χ0) is 17.5. The van der Waals surface area contributed by atoms with Crippen molar-refractivity contribution in [3.63, 3.8) is 0 Å². The molecule has 7 nitrogen and oxygen atoms in total. The molecular formula is C17H22N4O3. The Morgan fingerprint density at radius 3 is 2.62 bits per heavy atom. The first-order valence-corrected chi connectivity index (χ1v) is 7.73. The minimum Gasteiger partial charge on any atom is -0.463 e. The van der Waals surface area contributed by atoms with Gasteiger partial charge in [0.1, 0.15) is 0 Å². The number of carbonyl (C=O) groups is 2. The monoisotopic (exact) mass is 330 g/mol. The maximum atomic E-state index is 12.0. The van der Waals surface area contributed by atoms with Crippen LogP contribution in [0.1, 0.15) is 13.3 Å². The van der Waals surface area contributed by atoms with Gasteiger partial charge in [0.2, 0.25) is 11.8 Å². The molecule has 1 atom stereocenters. The van der Waals surface area contributed by atoms with Gasteiger partial charge in [-0.3, -0.25) is 9.59 Å². The first-order valence-electron chi connectivity index (χ1n) is 7.73. The van der Waals surface area contributed by atoms with Crippen LogP contribution in [0.3, 0.4) is 0 Å². The molecule has 7 heteroatoms. The molecule has 0 bridgehead atoms. The fourth-order valence-corrected chi connectivity index (χ4v) is 1.99. The zero-order valence-corrected chi connectivity index (χ0v) is 14.1. The Bertz CT molecular complexity index is 682. The number of nitrogens with zero attached hydrogens (tertiary/aromatic N) is 3. The van der Waals surface area contributed by atoms with Gasteiger partial charge in [-0.05, 0) is 19.1 Å². The highest BCUT2D eigenvalue weighted by molar-refractivity contribution is 5.81. The fraction of sp³-hybridized carbons (Fsp3) is 0.353. The summed E-state index contributed by atoms with van der Waals surface area (Å²) in [7, 11) is 3.36. The predicted molar refractivity (Wildman–Crippen MR) is 90.0 cm³/mol. The molecule has 0 aliphatic carbocycles. The lowest BCUT2D eigenvalue weighted by molar-refractivity contribution is -0.129. The minimum absolute atomic E-state index is 0.0366. The largest absolute Gasteiger partial charge is 0.463 e. The Labute approximate surface area is 141 Å². The van der Waals surface area contributed by atoms with Crippen molar-refractivity contribution in [2.24, 2.45) is 0 Å². The number of carbonyl (C=O) groups excluding carboxylic acids is 2. The van der Waals surface area contributed by atoms with Crippen LogP contribution in [0.15, 0.2) is 42.6 Å². The van der Waals surface area contributed by atoms with E-state index in [0.717, 1.165) is 5.69 Å². The van der Waals surface area contributed by atoms with Crippen molar-refractivity contribution in [3.8, 4) is 11.6 Å². The molecule has 128 valence electrons. The van der Waals surface area contributed by atoms with Crippen molar-refractivity contribution in [1.29, 1.82) is 0 Å². The molecule has 1 aromatic heterocycles. The van der Waals surface area contributed by atoms with E-state index in [2.05, 4.69) is 10.4 Å². The van der Waals surface area contributed by atoms with Gasteiger partial charge >= 0.3 is 0 Å². The Morgan fingerprint density at radius 1 is 1.25 bits per heavy atom. The molecule has 2 amide bonds. The van der Waals surface area contributed by atoms with Gasteiger partial charge in [-0.15, -0.1) is 5.10 Å². The highest BCUT2D eigenvalue weighted by Crippen LogP contribution is 2.13. The quantitative estimate of drug-likeness (QED) is 0.828. The van der Waals surface area contributed by atoms with Gasteiger partial charge in [0.05, 0.1) is 5.69 Å². The third-order valence-corrected chi connectivity index (χ3v) is 3.39. The van der Waals surface area contributed by atoms with Crippen molar-refractivity contribution in [2.75, 3.05) is 20.6 Å². The van der Waals surface area contributed by atoms with E-state index in [1.165, 1.54) is 4.90 Å². The summed E-state index contributed by atoms with van der Waals surface area (Å²) in [4.78, 5) is 24.9.